The van der Waals surface area contributed by atoms with Crippen LogP contribution >= 0.6 is 0 Å². The van der Waals surface area contributed by atoms with Crippen molar-refractivity contribution >= 4 is 0 Å². The summed E-state index contributed by atoms with van der Waals surface area (Å²) >= 11 is 0. The molecule has 0 bridgehead atoms. The van der Waals surface area contributed by atoms with Crippen LogP contribution in [0.2, 0.25) is 0 Å². The summed E-state index contributed by atoms with van der Waals surface area (Å²) in [6.07, 6.45) is 4.22. The molecule has 1 aromatic rings. The summed E-state index contributed by atoms with van der Waals surface area (Å²) in [5.74, 6) is 0.767. The Morgan fingerprint density at radius 2 is 2.14 bits per heavy atom. The van der Waals surface area contributed by atoms with Crippen molar-refractivity contribution in [1.82, 2.24) is 4.90 Å². The van der Waals surface area contributed by atoms with E-state index in [1.165, 1.54) is 0 Å². The van der Waals surface area contributed by atoms with E-state index in [1.807, 2.05) is 12.1 Å². The monoisotopic (exact) mass is 302 g/mol. The Kier molecular flexibility index (Phi) is 6.23. The summed E-state index contributed by atoms with van der Waals surface area (Å²) in [7, 11) is 0. The quantitative estimate of drug-likeness (QED) is 0.787. The van der Waals surface area contributed by atoms with Gasteiger partial charge in [0.2, 0.25) is 0 Å². The number of piperidine rings is 1. The minimum Gasteiger partial charge on any atom is -0.494 e. The third-order valence-corrected chi connectivity index (χ3v) is 4.85. The zero-order valence-corrected chi connectivity index (χ0v) is 13.4. The number of likely N-dealkylation sites (tertiary alicyclic amines) is 1. The van der Waals surface area contributed by atoms with Gasteiger partial charge in [-0.1, -0.05) is 13.0 Å². The number of nitriles is 1. The van der Waals surface area contributed by atoms with Crippen molar-refractivity contribution in [1.29, 1.82) is 5.26 Å². The number of aliphatic hydroxyl groups is 1. The Hall–Kier alpha value is -1.57. The van der Waals surface area contributed by atoms with Gasteiger partial charge in [-0.15, -0.1) is 0 Å². The van der Waals surface area contributed by atoms with E-state index in [0.29, 0.717) is 18.8 Å². The van der Waals surface area contributed by atoms with Crippen LogP contribution in [-0.4, -0.2) is 42.9 Å². The van der Waals surface area contributed by atoms with Crippen LogP contribution in [0, 0.1) is 16.7 Å². The lowest BCUT2D eigenvalue weighted by molar-refractivity contribution is 0.0394. The molecular formula is C18H26N2O2. The van der Waals surface area contributed by atoms with E-state index in [1.54, 1.807) is 12.1 Å². The molecule has 0 unspecified atom stereocenters. The Morgan fingerprint density at radius 1 is 1.36 bits per heavy atom. The minimum absolute atomic E-state index is 0.157. The average Bonchev–Trinajstić information content (AvgIpc) is 2.59. The number of hydrogen-bond acceptors (Lipinski definition) is 4. The molecule has 0 aliphatic carbocycles. The molecule has 0 radical (unpaired) electrons. The fourth-order valence-corrected chi connectivity index (χ4v) is 3.01. The Bertz CT molecular complexity index is 496. The van der Waals surface area contributed by atoms with Crippen molar-refractivity contribution in [3.63, 3.8) is 0 Å². The van der Waals surface area contributed by atoms with Crippen molar-refractivity contribution < 1.29 is 9.84 Å². The first kappa shape index (κ1) is 16.8. The van der Waals surface area contributed by atoms with Gasteiger partial charge in [-0.2, -0.15) is 5.26 Å². The number of rotatable bonds is 7. The maximum atomic E-state index is 9.55. The lowest BCUT2D eigenvalue weighted by Crippen LogP contribution is -2.42. The molecule has 1 aliphatic heterocycles. The zero-order chi connectivity index (χ0) is 15.8. The zero-order valence-electron chi connectivity index (χ0n) is 13.4. The van der Waals surface area contributed by atoms with Crippen LogP contribution in [0.3, 0.4) is 0 Å². The molecule has 2 rings (SSSR count). The van der Waals surface area contributed by atoms with E-state index in [-0.39, 0.29) is 5.41 Å². The maximum Gasteiger partial charge on any atom is 0.120 e. The molecule has 120 valence electrons. The van der Waals surface area contributed by atoms with Crippen LogP contribution < -0.4 is 4.74 Å². The molecule has 1 saturated heterocycles. The molecule has 1 N–H and O–H groups in total. The van der Waals surface area contributed by atoms with Crippen LogP contribution in [0.5, 0.6) is 5.75 Å². The maximum absolute atomic E-state index is 9.55. The van der Waals surface area contributed by atoms with Gasteiger partial charge in [-0.25, -0.2) is 0 Å². The second kappa shape index (κ2) is 8.17. The molecule has 1 aromatic carbocycles. The summed E-state index contributed by atoms with van der Waals surface area (Å²) in [5, 5.41) is 18.4. The SMILES string of the molecule is CCC1(CO)CCN(CCCOc2cccc(C#N)c2)CC1. The lowest BCUT2D eigenvalue weighted by Gasteiger charge is -2.40. The largest absolute Gasteiger partial charge is 0.494 e. The van der Waals surface area contributed by atoms with Crippen LogP contribution in [0.4, 0.5) is 0 Å². The molecule has 0 aromatic heterocycles. The molecule has 0 saturated carbocycles. The lowest BCUT2D eigenvalue weighted by atomic mass is 9.77. The second-order valence-electron chi connectivity index (χ2n) is 6.19. The van der Waals surface area contributed by atoms with Gasteiger partial charge in [0.05, 0.1) is 18.2 Å². The first-order valence-electron chi connectivity index (χ1n) is 8.17. The van der Waals surface area contributed by atoms with Gasteiger partial charge in [0.1, 0.15) is 5.75 Å². The Labute approximate surface area is 133 Å². The summed E-state index contributed by atoms with van der Waals surface area (Å²) in [4.78, 5) is 2.46. The standard InChI is InChI=1S/C18H26N2O2/c1-2-18(15-21)7-10-20(11-8-18)9-4-12-22-17-6-3-5-16(13-17)14-19/h3,5-6,13,21H,2,4,7-12,15H2,1H3. The predicted octanol–water partition coefficient (Wildman–Crippen LogP) is 2.81. The molecule has 1 heterocycles. The fourth-order valence-electron chi connectivity index (χ4n) is 3.01. The highest BCUT2D eigenvalue weighted by atomic mass is 16.5. The second-order valence-corrected chi connectivity index (χ2v) is 6.19. The van der Waals surface area contributed by atoms with E-state index in [9.17, 15) is 5.11 Å². The molecule has 1 aliphatic rings. The number of aliphatic hydroxyl groups excluding tert-OH is 1. The predicted molar refractivity (Wildman–Crippen MR) is 86.8 cm³/mol. The number of ether oxygens (including phenoxy) is 1. The first-order chi connectivity index (χ1) is 10.7. The van der Waals surface area contributed by atoms with Crippen LogP contribution in [0.25, 0.3) is 0 Å². The van der Waals surface area contributed by atoms with E-state index < -0.39 is 0 Å². The average molecular weight is 302 g/mol. The van der Waals surface area contributed by atoms with Crippen molar-refractivity contribution in [2.45, 2.75) is 32.6 Å². The third kappa shape index (κ3) is 4.46. The number of benzene rings is 1. The van der Waals surface area contributed by atoms with Gasteiger partial charge < -0.3 is 14.7 Å². The Balaban J connectivity index is 1.66. The smallest absolute Gasteiger partial charge is 0.120 e. The van der Waals surface area contributed by atoms with Crippen molar-refractivity contribution in [3.05, 3.63) is 29.8 Å². The van der Waals surface area contributed by atoms with Crippen LogP contribution in [-0.2, 0) is 0 Å². The van der Waals surface area contributed by atoms with Gasteiger partial charge in [-0.05, 0) is 62.4 Å². The number of hydrogen-bond donors (Lipinski definition) is 1. The van der Waals surface area contributed by atoms with Crippen molar-refractivity contribution in [2.75, 3.05) is 32.8 Å². The molecular weight excluding hydrogens is 276 g/mol. The molecule has 0 atom stereocenters. The summed E-state index contributed by atoms with van der Waals surface area (Å²) in [6, 6.07) is 9.41. The fraction of sp³-hybridized carbons (Fsp3) is 0.611. The van der Waals surface area contributed by atoms with Gasteiger partial charge in [0.25, 0.3) is 0 Å². The molecule has 1 fully saturated rings. The normalized spacial score (nSPS) is 17.9. The van der Waals surface area contributed by atoms with Gasteiger partial charge in [-0.3, -0.25) is 0 Å². The minimum atomic E-state index is 0.157. The van der Waals surface area contributed by atoms with E-state index >= 15 is 0 Å². The summed E-state index contributed by atoms with van der Waals surface area (Å²) in [5.41, 5.74) is 0.790. The van der Waals surface area contributed by atoms with Gasteiger partial charge in [0.15, 0.2) is 0 Å². The highest BCUT2D eigenvalue weighted by Crippen LogP contribution is 2.34. The highest BCUT2D eigenvalue weighted by Gasteiger charge is 2.31. The third-order valence-electron chi connectivity index (χ3n) is 4.85. The summed E-state index contributed by atoms with van der Waals surface area (Å²) < 4.78 is 5.71. The molecule has 22 heavy (non-hydrogen) atoms. The van der Waals surface area contributed by atoms with Crippen molar-refractivity contribution in [3.8, 4) is 11.8 Å². The van der Waals surface area contributed by atoms with Gasteiger partial charge in [0, 0.05) is 13.2 Å². The highest BCUT2D eigenvalue weighted by molar-refractivity contribution is 5.36. The van der Waals surface area contributed by atoms with E-state index in [2.05, 4.69) is 17.9 Å². The summed E-state index contributed by atoms with van der Waals surface area (Å²) in [6.45, 7) is 6.33. The molecule has 0 spiro atoms. The first-order valence-corrected chi connectivity index (χ1v) is 8.17. The Morgan fingerprint density at radius 3 is 2.77 bits per heavy atom. The van der Waals surface area contributed by atoms with E-state index in [0.717, 1.165) is 51.1 Å². The molecule has 4 nitrogen and oxygen atoms in total. The topological polar surface area (TPSA) is 56.5 Å². The van der Waals surface area contributed by atoms with E-state index in [4.69, 9.17) is 10.00 Å². The van der Waals surface area contributed by atoms with Crippen molar-refractivity contribution in [2.24, 2.45) is 5.41 Å². The number of nitrogens with zero attached hydrogens (tertiary/aromatic N) is 2. The molecule has 4 heteroatoms. The van der Waals surface area contributed by atoms with Gasteiger partial charge >= 0.3 is 0 Å². The van der Waals surface area contributed by atoms with Crippen LogP contribution in [0.1, 0.15) is 38.2 Å². The van der Waals surface area contributed by atoms with Crippen LogP contribution in [0.15, 0.2) is 24.3 Å². The molecule has 0 amide bonds.